The lowest BCUT2D eigenvalue weighted by Crippen LogP contribution is -2.67. The fourth-order valence-corrected chi connectivity index (χ4v) is 13.2. The van der Waals surface area contributed by atoms with E-state index in [1.165, 1.54) is 37.7 Å². The molecule has 0 amide bonds. The van der Waals surface area contributed by atoms with E-state index in [9.17, 15) is 9.59 Å². The van der Waals surface area contributed by atoms with E-state index in [1.807, 2.05) is 0 Å². The summed E-state index contributed by atoms with van der Waals surface area (Å²) < 4.78 is 12.5. The molecule has 5 fully saturated rings. The van der Waals surface area contributed by atoms with E-state index >= 15 is 0 Å². The first-order valence-electron chi connectivity index (χ1n) is 18.6. The number of ether oxygens (including phenoxy) is 2. The smallest absolute Gasteiger partial charge is 0.338 e. The molecule has 2 aromatic rings. The molecular formula is C42H56N2O4. The van der Waals surface area contributed by atoms with Crippen molar-refractivity contribution in [2.75, 3.05) is 6.61 Å². The molecule has 0 aliphatic heterocycles. The second-order valence-electron chi connectivity index (χ2n) is 17.9. The lowest BCUT2D eigenvalue weighted by Gasteiger charge is -2.73. The van der Waals surface area contributed by atoms with E-state index in [4.69, 9.17) is 9.47 Å². The second-order valence-corrected chi connectivity index (χ2v) is 17.9. The number of carbonyl (C=O) groups is 2. The summed E-state index contributed by atoms with van der Waals surface area (Å²) in [7, 11) is 0. The van der Waals surface area contributed by atoms with Gasteiger partial charge in [-0.2, -0.15) is 0 Å². The predicted octanol–water partition coefficient (Wildman–Crippen LogP) is 9.52. The van der Waals surface area contributed by atoms with Gasteiger partial charge in [-0.1, -0.05) is 46.8 Å². The predicted molar refractivity (Wildman–Crippen MR) is 187 cm³/mol. The monoisotopic (exact) mass is 652 g/mol. The van der Waals surface area contributed by atoms with E-state index < -0.39 is 0 Å². The minimum Gasteiger partial charge on any atom is -0.461 e. The highest BCUT2D eigenvalue weighted by Gasteiger charge is 2.71. The minimum absolute atomic E-state index is 0.0134. The Kier molecular flexibility index (Phi) is 8.23. The van der Waals surface area contributed by atoms with Crippen LogP contribution in [-0.4, -0.2) is 34.6 Å². The van der Waals surface area contributed by atoms with Gasteiger partial charge in [0, 0.05) is 35.6 Å². The van der Waals surface area contributed by atoms with E-state index in [-0.39, 0.29) is 45.1 Å². The highest BCUT2D eigenvalue weighted by molar-refractivity contribution is 5.89. The number of allylic oxidation sites excluding steroid dienone is 1. The SMILES string of the molecule is C=C(C)[C@@H]1CC[C@]2(COC(=O)c3ccncc3)CC[C@]3(C)C(CCC4[C@@]5(C)CC[C@H](OC(=O)c6ccncc6)C(C)(C)[C@@H]5CC[C@]43C)C12. The molecule has 5 aliphatic rings. The zero-order valence-corrected chi connectivity index (χ0v) is 30.1. The van der Waals surface area contributed by atoms with Gasteiger partial charge in [0.15, 0.2) is 0 Å². The third-order valence-corrected chi connectivity index (χ3v) is 15.8. The van der Waals surface area contributed by atoms with Crippen molar-refractivity contribution in [2.24, 2.45) is 56.7 Å². The molecule has 5 saturated carbocycles. The molecule has 0 N–H and O–H groups in total. The Morgan fingerprint density at radius 3 is 2.04 bits per heavy atom. The number of hydrogen-bond acceptors (Lipinski definition) is 6. The van der Waals surface area contributed by atoms with Crippen molar-refractivity contribution in [2.45, 2.75) is 112 Å². The van der Waals surface area contributed by atoms with Crippen LogP contribution in [0.15, 0.2) is 61.2 Å². The van der Waals surface area contributed by atoms with Crippen LogP contribution in [0.4, 0.5) is 0 Å². The largest absolute Gasteiger partial charge is 0.461 e. The minimum atomic E-state index is -0.232. The molecule has 0 aromatic carbocycles. The van der Waals surface area contributed by atoms with Crippen molar-refractivity contribution in [3.05, 3.63) is 72.3 Å². The van der Waals surface area contributed by atoms with Crippen LogP contribution >= 0.6 is 0 Å². The van der Waals surface area contributed by atoms with Gasteiger partial charge in [0.05, 0.1) is 17.7 Å². The highest BCUT2D eigenvalue weighted by atomic mass is 16.5. The number of esters is 2. The van der Waals surface area contributed by atoms with Crippen molar-refractivity contribution in [3.63, 3.8) is 0 Å². The molecule has 6 heteroatoms. The lowest BCUT2D eigenvalue weighted by molar-refractivity contribution is -0.249. The summed E-state index contributed by atoms with van der Waals surface area (Å²) in [6, 6.07) is 7.00. The van der Waals surface area contributed by atoms with E-state index in [0.717, 1.165) is 32.1 Å². The van der Waals surface area contributed by atoms with Crippen LogP contribution in [0.3, 0.4) is 0 Å². The van der Waals surface area contributed by atoms with Crippen LogP contribution in [0, 0.1) is 56.7 Å². The van der Waals surface area contributed by atoms with Gasteiger partial charge in [-0.3, -0.25) is 9.97 Å². The molecule has 0 bridgehead atoms. The molecule has 258 valence electrons. The van der Waals surface area contributed by atoms with Crippen LogP contribution in [-0.2, 0) is 9.47 Å². The van der Waals surface area contributed by atoms with Crippen molar-refractivity contribution >= 4 is 11.9 Å². The quantitative estimate of drug-likeness (QED) is 0.229. The Bertz CT molecular complexity index is 1560. The number of rotatable bonds is 6. The summed E-state index contributed by atoms with van der Waals surface area (Å²) in [6.45, 7) is 19.9. The molecule has 2 aromatic heterocycles. The van der Waals surface area contributed by atoms with Gasteiger partial charge >= 0.3 is 11.9 Å². The number of carbonyl (C=O) groups excluding carboxylic acids is 2. The number of aromatic nitrogens is 2. The Hall–Kier alpha value is -3.02. The van der Waals surface area contributed by atoms with E-state index in [1.54, 1.807) is 49.1 Å². The van der Waals surface area contributed by atoms with Gasteiger partial charge in [0.1, 0.15) is 6.10 Å². The molecular weight excluding hydrogens is 596 g/mol. The average Bonchev–Trinajstić information content (AvgIpc) is 3.46. The lowest BCUT2D eigenvalue weighted by atomic mass is 9.32. The van der Waals surface area contributed by atoms with E-state index in [2.05, 4.69) is 58.1 Å². The summed E-state index contributed by atoms with van der Waals surface area (Å²) in [4.78, 5) is 34.5. The van der Waals surface area contributed by atoms with Crippen molar-refractivity contribution in [1.29, 1.82) is 0 Å². The number of fused-ring (bicyclic) bond motifs is 7. The van der Waals surface area contributed by atoms with Crippen LogP contribution in [0.5, 0.6) is 0 Å². The zero-order valence-electron chi connectivity index (χ0n) is 30.1. The summed E-state index contributed by atoms with van der Waals surface area (Å²) >= 11 is 0. The maximum absolute atomic E-state index is 13.2. The molecule has 0 spiro atoms. The summed E-state index contributed by atoms with van der Waals surface area (Å²) in [5, 5.41) is 0. The summed E-state index contributed by atoms with van der Waals surface area (Å²) in [5.41, 5.74) is 3.00. The molecule has 0 saturated heterocycles. The highest BCUT2D eigenvalue weighted by Crippen LogP contribution is 2.77. The fraction of sp³-hybridized carbons (Fsp3) is 0.667. The summed E-state index contributed by atoms with van der Waals surface area (Å²) in [6.07, 6.45) is 18.0. The fourth-order valence-electron chi connectivity index (χ4n) is 13.2. The second kappa shape index (κ2) is 11.8. The Balaban J connectivity index is 1.14. The zero-order chi connectivity index (χ0) is 34.1. The topological polar surface area (TPSA) is 78.4 Å². The molecule has 10 atom stereocenters. The van der Waals surface area contributed by atoms with Crippen LogP contribution in [0.25, 0.3) is 0 Å². The third-order valence-electron chi connectivity index (χ3n) is 15.8. The molecule has 2 heterocycles. The Morgan fingerprint density at radius 2 is 1.40 bits per heavy atom. The van der Waals surface area contributed by atoms with Crippen LogP contribution in [0.2, 0.25) is 0 Å². The molecule has 7 rings (SSSR count). The van der Waals surface area contributed by atoms with Gasteiger partial charge in [-0.15, -0.1) is 0 Å². The molecule has 3 unspecified atom stereocenters. The number of pyridine rings is 2. The van der Waals surface area contributed by atoms with Gasteiger partial charge in [0.2, 0.25) is 0 Å². The maximum Gasteiger partial charge on any atom is 0.338 e. The Labute approximate surface area is 287 Å². The van der Waals surface area contributed by atoms with Crippen LogP contribution < -0.4 is 0 Å². The van der Waals surface area contributed by atoms with E-state index in [0.29, 0.717) is 47.3 Å². The van der Waals surface area contributed by atoms with Crippen molar-refractivity contribution in [3.8, 4) is 0 Å². The normalized spacial score (nSPS) is 41.1. The maximum atomic E-state index is 13.2. The van der Waals surface area contributed by atoms with Gasteiger partial charge in [-0.25, -0.2) is 9.59 Å². The standard InChI is InChI=1S/C42H56N2O4/c1-27(2)30-10-19-42(26-47-36(45)28-13-22-43-23-14-28)21-20-40(6)31(35(30)42)8-9-33-39(5)17-12-34(48-37(46)29-15-24-44-25-16-29)38(3,4)32(39)11-18-41(33,40)7/h13-16,22-25,30-35H,1,8-12,17-21,26H2,2-7H3/t30-,31?,32-,33?,34-,35?,39-,40+,41+,42+/m0/s1. The van der Waals surface area contributed by atoms with Gasteiger partial charge < -0.3 is 9.47 Å². The van der Waals surface area contributed by atoms with Gasteiger partial charge in [0.25, 0.3) is 0 Å². The first kappa shape index (κ1) is 33.5. The Morgan fingerprint density at radius 1 is 0.750 bits per heavy atom. The van der Waals surface area contributed by atoms with Crippen molar-refractivity contribution in [1.82, 2.24) is 9.97 Å². The first-order valence-corrected chi connectivity index (χ1v) is 18.6. The number of nitrogens with zero attached hydrogens (tertiary/aromatic N) is 2. The molecule has 6 nitrogen and oxygen atoms in total. The third kappa shape index (κ3) is 4.93. The van der Waals surface area contributed by atoms with Crippen molar-refractivity contribution < 1.29 is 19.1 Å². The van der Waals surface area contributed by atoms with Gasteiger partial charge in [-0.05, 0) is 141 Å². The number of hydrogen-bond donors (Lipinski definition) is 0. The molecule has 5 aliphatic carbocycles. The average molecular weight is 653 g/mol. The summed E-state index contributed by atoms with van der Waals surface area (Å²) in [5.74, 6) is 2.22. The molecule has 0 radical (unpaired) electrons. The van der Waals surface area contributed by atoms with Crippen LogP contribution in [0.1, 0.15) is 126 Å². The first-order chi connectivity index (χ1) is 22.8. The molecule has 48 heavy (non-hydrogen) atoms.